The minimum atomic E-state index is -0.303. The number of hydrogen-bond donors (Lipinski definition) is 0. The van der Waals surface area contributed by atoms with Crippen molar-refractivity contribution >= 4 is 22.2 Å². The number of rotatable bonds is 5. The van der Waals surface area contributed by atoms with Crippen LogP contribution in [0, 0.1) is 11.3 Å². The average Bonchev–Trinajstić information content (AvgIpc) is 2.87. The normalized spacial score (nSPS) is 18.0. The van der Waals surface area contributed by atoms with E-state index in [4.69, 9.17) is 5.26 Å². The second-order valence-corrected chi connectivity index (χ2v) is 8.64. The smallest absolute Gasteiger partial charge is 0.174 e. The monoisotopic (exact) mass is 405 g/mol. The largest absolute Gasteiger partial charge is 0.370 e. The number of carbonyl (C=O) groups excluding carboxylic acids is 1. The molecule has 2 aliphatic rings. The van der Waals surface area contributed by atoms with Crippen molar-refractivity contribution in [3.05, 3.63) is 41.5 Å². The van der Waals surface area contributed by atoms with Crippen molar-refractivity contribution in [3.8, 4) is 6.07 Å². The Bertz CT molecular complexity index is 937. The number of hydrogen-bond acceptors (Lipinski definition) is 4. The van der Waals surface area contributed by atoms with Gasteiger partial charge < -0.3 is 9.80 Å². The zero-order valence-corrected chi connectivity index (χ0v) is 19.0. The van der Waals surface area contributed by atoms with Crippen molar-refractivity contribution in [2.45, 2.75) is 58.3 Å². The first-order valence-corrected chi connectivity index (χ1v) is 11.4. The lowest BCUT2D eigenvalue weighted by Crippen LogP contribution is -2.32. The van der Waals surface area contributed by atoms with Gasteiger partial charge >= 0.3 is 0 Å². The Balaban J connectivity index is 0.000000806. The maximum Gasteiger partial charge on any atom is 0.174 e. The molecule has 1 aliphatic carbocycles. The van der Waals surface area contributed by atoms with Crippen LogP contribution in [0.2, 0.25) is 0 Å². The summed E-state index contributed by atoms with van der Waals surface area (Å²) < 4.78 is 0. The number of Topliss-reactive ketones (excluding diaryl/α,β-unsaturated/α-hetero) is 1. The number of nitriles is 1. The van der Waals surface area contributed by atoms with E-state index in [1.54, 1.807) is 6.07 Å². The van der Waals surface area contributed by atoms with Gasteiger partial charge in [0.05, 0.1) is 11.5 Å². The molecule has 1 heterocycles. The Kier molecular flexibility index (Phi) is 7.15. The first-order chi connectivity index (χ1) is 14.5. The molecule has 2 aromatic carbocycles. The standard InChI is InChI=1S/C24H32N2O.C2H3N/c1-4-12-24(13-5-2)20-10-11-21(26-15-7-14-25(3)16-17-26)18-8-6-9-19(22(18)20)23(24)27;1-2-3/h6,8-11H,4-5,7,12-17H2,1-3H3;1H3. The Morgan fingerprint density at radius 2 is 1.73 bits per heavy atom. The lowest BCUT2D eigenvalue weighted by atomic mass is 9.73. The molecule has 0 aromatic heterocycles. The molecule has 0 unspecified atom stereocenters. The Labute approximate surface area is 181 Å². The second-order valence-electron chi connectivity index (χ2n) is 8.64. The molecule has 0 N–H and O–H groups in total. The van der Waals surface area contributed by atoms with Crippen molar-refractivity contribution < 1.29 is 4.79 Å². The van der Waals surface area contributed by atoms with Gasteiger partial charge in [0, 0.05) is 43.2 Å². The van der Waals surface area contributed by atoms with E-state index >= 15 is 0 Å². The van der Waals surface area contributed by atoms with E-state index in [2.05, 4.69) is 61.0 Å². The Hall–Kier alpha value is -2.38. The van der Waals surface area contributed by atoms with Crippen LogP contribution < -0.4 is 4.90 Å². The summed E-state index contributed by atoms with van der Waals surface area (Å²) in [5.74, 6) is 0.361. The molecule has 0 radical (unpaired) electrons. The molecule has 0 amide bonds. The molecular weight excluding hydrogens is 370 g/mol. The fourth-order valence-corrected chi connectivity index (χ4v) is 5.40. The van der Waals surface area contributed by atoms with Crippen LogP contribution in [0.4, 0.5) is 5.69 Å². The van der Waals surface area contributed by atoms with E-state index in [1.165, 1.54) is 35.4 Å². The van der Waals surface area contributed by atoms with E-state index in [1.807, 2.05) is 0 Å². The first-order valence-electron chi connectivity index (χ1n) is 11.4. The Morgan fingerprint density at radius 1 is 1.03 bits per heavy atom. The lowest BCUT2D eigenvalue weighted by Gasteiger charge is -2.29. The summed E-state index contributed by atoms with van der Waals surface area (Å²) in [6, 6.07) is 12.7. The van der Waals surface area contributed by atoms with Crippen LogP contribution in [-0.4, -0.2) is 43.9 Å². The van der Waals surface area contributed by atoms with Crippen molar-refractivity contribution in [2.75, 3.05) is 38.1 Å². The third-order valence-electron chi connectivity index (χ3n) is 6.63. The van der Waals surface area contributed by atoms with E-state index in [0.29, 0.717) is 5.78 Å². The molecule has 4 heteroatoms. The molecule has 0 saturated carbocycles. The molecule has 1 saturated heterocycles. The van der Waals surface area contributed by atoms with Gasteiger partial charge in [-0.1, -0.05) is 51.0 Å². The lowest BCUT2D eigenvalue weighted by molar-refractivity contribution is 0.0874. The number of anilines is 1. The summed E-state index contributed by atoms with van der Waals surface area (Å²) in [6.07, 6.45) is 5.19. The molecule has 0 spiro atoms. The molecule has 0 bridgehead atoms. The minimum Gasteiger partial charge on any atom is -0.370 e. The van der Waals surface area contributed by atoms with Crippen LogP contribution >= 0.6 is 0 Å². The third-order valence-corrected chi connectivity index (χ3v) is 6.63. The highest BCUT2D eigenvalue weighted by molar-refractivity contribution is 6.22. The SMILES string of the molecule is CC#N.CCCC1(CCC)C(=O)c2cccc3c(N4CCCN(C)CC4)ccc1c23. The summed E-state index contributed by atoms with van der Waals surface area (Å²) in [6.45, 7) is 10.2. The molecule has 4 nitrogen and oxygen atoms in total. The summed E-state index contributed by atoms with van der Waals surface area (Å²) in [5.41, 5.74) is 3.25. The van der Waals surface area contributed by atoms with Gasteiger partial charge in [0.15, 0.2) is 5.78 Å². The van der Waals surface area contributed by atoms with Gasteiger partial charge in [-0.2, -0.15) is 5.26 Å². The number of benzene rings is 2. The third kappa shape index (κ3) is 3.84. The summed E-state index contributed by atoms with van der Waals surface area (Å²) in [5, 5.41) is 9.83. The maximum absolute atomic E-state index is 13.5. The van der Waals surface area contributed by atoms with Crippen LogP contribution in [0.3, 0.4) is 0 Å². The second kappa shape index (κ2) is 9.62. The van der Waals surface area contributed by atoms with Gasteiger partial charge in [-0.3, -0.25) is 4.79 Å². The molecule has 1 fully saturated rings. The van der Waals surface area contributed by atoms with Crippen LogP contribution in [0.15, 0.2) is 30.3 Å². The molecule has 30 heavy (non-hydrogen) atoms. The summed E-state index contributed by atoms with van der Waals surface area (Å²) in [4.78, 5) is 18.5. The van der Waals surface area contributed by atoms with Crippen molar-refractivity contribution in [1.82, 2.24) is 4.90 Å². The molecule has 2 aromatic rings. The zero-order chi connectivity index (χ0) is 21.7. The van der Waals surface area contributed by atoms with E-state index < -0.39 is 0 Å². The predicted octanol–water partition coefficient (Wildman–Crippen LogP) is 5.55. The topological polar surface area (TPSA) is 47.3 Å². The Morgan fingerprint density at radius 3 is 2.40 bits per heavy atom. The van der Waals surface area contributed by atoms with Gasteiger partial charge in [-0.05, 0) is 49.9 Å². The van der Waals surface area contributed by atoms with Crippen LogP contribution in [0.1, 0.15) is 68.8 Å². The minimum absolute atomic E-state index is 0.303. The molecule has 160 valence electrons. The maximum atomic E-state index is 13.5. The summed E-state index contributed by atoms with van der Waals surface area (Å²) in [7, 11) is 2.21. The molecule has 4 rings (SSSR count). The van der Waals surface area contributed by atoms with E-state index in [9.17, 15) is 4.79 Å². The number of nitrogens with zero attached hydrogens (tertiary/aromatic N) is 3. The fraction of sp³-hybridized carbons (Fsp3) is 0.538. The average molecular weight is 406 g/mol. The summed E-state index contributed by atoms with van der Waals surface area (Å²) >= 11 is 0. The van der Waals surface area contributed by atoms with Gasteiger partial charge in [0.1, 0.15) is 0 Å². The zero-order valence-electron chi connectivity index (χ0n) is 19.0. The number of carbonyl (C=O) groups is 1. The molecule has 1 aliphatic heterocycles. The number of ketones is 1. The first kappa shape index (κ1) is 22.3. The van der Waals surface area contributed by atoms with Gasteiger partial charge in [-0.25, -0.2) is 0 Å². The quantitative estimate of drug-likeness (QED) is 0.655. The highest BCUT2D eigenvalue weighted by Gasteiger charge is 2.46. The number of likely N-dealkylation sites (N-methyl/N-ethyl adjacent to an activating group) is 1. The van der Waals surface area contributed by atoms with Crippen molar-refractivity contribution in [2.24, 2.45) is 0 Å². The van der Waals surface area contributed by atoms with Crippen LogP contribution in [0.25, 0.3) is 10.8 Å². The van der Waals surface area contributed by atoms with Gasteiger partial charge in [0.2, 0.25) is 0 Å². The van der Waals surface area contributed by atoms with Crippen molar-refractivity contribution in [3.63, 3.8) is 0 Å². The highest BCUT2D eigenvalue weighted by Crippen LogP contribution is 2.49. The van der Waals surface area contributed by atoms with Crippen molar-refractivity contribution in [1.29, 1.82) is 5.26 Å². The van der Waals surface area contributed by atoms with Gasteiger partial charge in [0.25, 0.3) is 0 Å². The van der Waals surface area contributed by atoms with Crippen LogP contribution in [-0.2, 0) is 5.41 Å². The highest BCUT2D eigenvalue weighted by atomic mass is 16.1. The fourth-order valence-electron chi connectivity index (χ4n) is 5.40. The van der Waals surface area contributed by atoms with E-state index in [0.717, 1.165) is 57.4 Å². The van der Waals surface area contributed by atoms with Gasteiger partial charge in [-0.15, -0.1) is 0 Å². The van der Waals surface area contributed by atoms with E-state index in [-0.39, 0.29) is 5.41 Å². The molecule has 0 atom stereocenters. The van der Waals surface area contributed by atoms with Crippen LogP contribution in [0.5, 0.6) is 0 Å². The predicted molar refractivity (Wildman–Crippen MR) is 125 cm³/mol. The molecular formula is C26H35N3O.